The molecule has 1 heterocycles. The van der Waals surface area contributed by atoms with Gasteiger partial charge in [0.25, 0.3) is 0 Å². The highest BCUT2D eigenvalue weighted by atomic mass is 35.5. The number of aromatic nitrogens is 1. The molecule has 0 aliphatic carbocycles. The SMILES string of the molecule is Clc1cccc(-c2c[c]on2)c1. The van der Waals surface area contributed by atoms with Crippen LogP contribution in [0.3, 0.4) is 0 Å². The maximum atomic E-state index is 5.79. The molecule has 2 nitrogen and oxygen atoms in total. The number of benzene rings is 1. The van der Waals surface area contributed by atoms with Crippen molar-refractivity contribution in [2.75, 3.05) is 0 Å². The van der Waals surface area contributed by atoms with Gasteiger partial charge in [-0.2, -0.15) is 0 Å². The van der Waals surface area contributed by atoms with E-state index in [9.17, 15) is 0 Å². The van der Waals surface area contributed by atoms with E-state index in [-0.39, 0.29) is 0 Å². The quantitative estimate of drug-likeness (QED) is 0.671. The lowest BCUT2D eigenvalue weighted by atomic mass is 10.2. The van der Waals surface area contributed by atoms with Crippen LogP contribution in [-0.2, 0) is 0 Å². The van der Waals surface area contributed by atoms with Crippen LogP contribution >= 0.6 is 11.6 Å². The van der Waals surface area contributed by atoms with Crippen molar-refractivity contribution in [3.63, 3.8) is 0 Å². The zero-order chi connectivity index (χ0) is 8.39. The maximum Gasteiger partial charge on any atom is 0.205 e. The zero-order valence-corrected chi connectivity index (χ0v) is 6.88. The molecule has 1 aromatic heterocycles. The summed E-state index contributed by atoms with van der Waals surface area (Å²) in [6.07, 6.45) is 2.52. The van der Waals surface area contributed by atoms with Crippen LogP contribution < -0.4 is 0 Å². The second kappa shape index (κ2) is 2.99. The minimum atomic E-state index is 0.690. The van der Waals surface area contributed by atoms with Crippen LogP contribution in [0.1, 0.15) is 0 Å². The number of hydrogen-bond donors (Lipinski definition) is 0. The van der Waals surface area contributed by atoms with Crippen molar-refractivity contribution in [3.05, 3.63) is 41.6 Å². The summed E-state index contributed by atoms with van der Waals surface area (Å²) in [5.74, 6) is 0. The van der Waals surface area contributed by atoms with Gasteiger partial charge >= 0.3 is 0 Å². The highest BCUT2D eigenvalue weighted by molar-refractivity contribution is 6.30. The summed E-state index contributed by atoms with van der Waals surface area (Å²) in [5, 5.41) is 4.43. The van der Waals surface area contributed by atoms with Crippen LogP contribution in [0.4, 0.5) is 0 Å². The average Bonchev–Trinajstić information content (AvgIpc) is 2.56. The van der Waals surface area contributed by atoms with Gasteiger partial charge in [0.15, 0.2) is 0 Å². The summed E-state index contributed by atoms with van der Waals surface area (Å²) >= 11 is 5.79. The van der Waals surface area contributed by atoms with Gasteiger partial charge in [0.1, 0.15) is 5.69 Å². The van der Waals surface area contributed by atoms with E-state index in [1.54, 1.807) is 6.07 Å². The standard InChI is InChI=1S/C9H5ClNO/c10-8-3-1-2-7(6-8)9-4-5-12-11-9/h1-4,6H. The molecule has 1 radical (unpaired) electrons. The molecule has 12 heavy (non-hydrogen) atoms. The molecular weight excluding hydrogens is 174 g/mol. The lowest BCUT2D eigenvalue weighted by Gasteiger charge is -1.94. The van der Waals surface area contributed by atoms with E-state index in [2.05, 4.69) is 15.9 Å². The van der Waals surface area contributed by atoms with Gasteiger partial charge in [-0.3, -0.25) is 0 Å². The fourth-order valence-corrected chi connectivity index (χ4v) is 1.16. The van der Waals surface area contributed by atoms with Crippen molar-refractivity contribution in [1.82, 2.24) is 5.16 Å². The van der Waals surface area contributed by atoms with Gasteiger partial charge in [-0.05, 0) is 12.1 Å². The Kier molecular flexibility index (Phi) is 1.84. The lowest BCUT2D eigenvalue weighted by Crippen LogP contribution is -1.75. The van der Waals surface area contributed by atoms with Crippen LogP contribution in [0.15, 0.2) is 34.9 Å². The Bertz CT molecular complexity index is 370. The van der Waals surface area contributed by atoms with Crippen molar-refractivity contribution in [3.8, 4) is 11.3 Å². The normalized spacial score (nSPS) is 10.1. The van der Waals surface area contributed by atoms with Gasteiger partial charge < -0.3 is 4.52 Å². The first kappa shape index (κ1) is 7.37. The molecule has 3 heteroatoms. The molecular formula is C9H5ClNO. The van der Waals surface area contributed by atoms with Crippen molar-refractivity contribution in [2.45, 2.75) is 0 Å². The van der Waals surface area contributed by atoms with E-state index >= 15 is 0 Å². The fraction of sp³-hybridized carbons (Fsp3) is 0. The minimum Gasteiger partial charge on any atom is -0.352 e. The second-order valence-corrected chi connectivity index (χ2v) is 2.78. The molecule has 0 aliphatic rings. The predicted octanol–water partition coefficient (Wildman–Crippen LogP) is 2.80. The first-order valence-corrected chi connectivity index (χ1v) is 3.83. The van der Waals surface area contributed by atoms with E-state index in [0.717, 1.165) is 11.3 Å². The molecule has 59 valence electrons. The molecule has 0 saturated heterocycles. The fourth-order valence-electron chi connectivity index (χ4n) is 0.968. The second-order valence-electron chi connectivity index (χ2n) is 2.34. The highest BCUT2D eigenvalue weighted by Crippen LogP contribution is 2.20. The van der Waals surface area contributed by atoms with Crippen molar-refractivity contribution in [2.24, 2.45) is 0 Å². The van der Waals surface area contributed by atoms with Crippen LogP contribution in [0.2, 0.25) is 5.02 Å². The number of rotatable bonds is 1. The molecule has 0 N–H and O–H groups in total. The van der Waals surface area contributed by atoms with E-state index < -0.39 is 0 Å². The van der Waals surface area contributed by atoms with Crippen molar-refractivity contribution < 1.29 is 4.52 Å². The molecule has 0 bridgehead atoms. The maximum absolute atomic E-state index is 5.79. The van der Waals surface area contributed by atoms with Gasteiger partial charge in [-0.1, -0.05) is 28.9 Å². The Balaban J connectivity index is 2.48. The minimum absolute atomic E-state index is 0.690. The van der Waals surface area contributed by atoms with E-state index in [1.807, 2.05) is 24.3 Å². The smallest absolute Gasteiger partial charge is 0.205 e. The average molecular weight is 179 g/mol. The molecule has 0 spiro atoms. The number of nitrogens with zero attached hydrogens (tertiary/aromatic N) is 1. The largest absolute Gasteiger partial charge is 0.352 e. The van der Waals surface area contributed by atoms with Gasteiger partial charge in [-0.25, -0.2) is 0 Å². The molecule has 0 unspecified atom stereocenters. The van der Waals surface area contributed by atoms with Gasteiger partial charge in [0, 0.05) is 16.7 Å². The van der Waals surface area contributed by atoms with E-state index in [4.69, 9.17) is 11.6 Å². The first-order valence-electron chi connectivity index (χ1n) is 3.45. The summed E-state index contributed by atoms with van der Waals surface area (Å²) in [6.45, 7) is 0. The lowest BCUT2D eigenvalue weighted by molar-refractivity contribution is 0.415. The van der Waals surface area contributed by atoms with E-state index in [0.29, 0.717) is 5.02 Å². The molecule has 2 rings (SSSR count). The molecule has 2 aromatic rings. The molecule has 1 aromatic carbocycles. The van der Waals surface area contributed by atoms with Crippen molar-refractivity contribution in [1.29, 1.82) is 0 Å². The number of hydrogen-bond acceptors (Lipinski definition) is 2. The molecule has 0 saturated carbocycles. The van der Waals surface area contributed by atoms with Crippen LogP contribution in [0, 0.1) is 6.26 Å². The van der Waals surface area contributed by atoms with Gasteiger partial charge in [-0.15, -0.1) is 0 Å². The molecule has 0 aliphatic heterocycles. The third-order valence-corrected chi connectivity index (χ3v) is 1.75. The zero-order valence-electron chi connectivity index (χ0n) is 6.12. The van der Waals surface area contributed by atoms with Gasteiger partial charge in [0.2, 0.25) is 6.26 Å². The van der Waals surface area contributed by atoms with Crippen LogP contribution in [0.5, 0.6) is 0 Å². The molecule has 0 fully saturated rings. The summed E-state index contributed by atoms with van der Waals surface area (Å²) < 4.78 is 4.59. The van der Waals surface area contributed by atoms with Crippen LogP contribution in [-0.4, -0.2) is 5.16 Å². The summed E-state index contributed by atoms with van der Waals surface area (Å²) in [6, 6.07) is 9.09. The van der Waals surface area contributed by atoms with Gasteiger partial charge in [0.05, 0.1) is 0 Å². The topological polar surface area (TPSA) is 26.0 Å². The third-order valence-electron chi connectivity index (χ3n) is 1.51. The Hall–Kier alpha value is -1.28. The first-order chi connectivity index (χ1) is 5.86. The van der Waals surface area contributed by atoms with Crippen LogP contribution in [0.25, 0.3) is 11.3 Å². The summed E-state index contributed by atoms with van der Waals surface area (Å²) in [7, 11) is 0. The summed E-state index contributed by atoms with van der Waals surface area (Å²) in [5.41, 5.74) is 1.69. The third kappa shape index (κ3) is 1.34. The Morgan fingerprint density at radius 3 is 3.00 bits per heavy atom. The summed E-state index contributed by atoms with van der Waals surface area (Å²) in [4.78, 5) is 0. The predicted molar refractivity (Wildman–Crippen MR) is 45.8 cm³/mol. The Morgan fingerprint density at radius 1 is 1.42 bits per heavy atom. The Labute approximate surface area is 74.8 Å². The van der Waals surface area contributed by atoms with E-state index in [1.165, 1.54) is 0 Å². The monoisotopic (exact) mass is 178 g/mol. The number of halogens is 1. The van der Waals surface area contributed by atoms with Crippen molar-refractivity contribution >= 4 is 11.6 Å². The highest BCUT2D eigenvalue weighted by Gasteiger charge is 2.00. The Morgan fingerprint density at radius 2 is 2.33 bits per heavy atom. The molecule has 0 atom stereocenters. The molecule has 0 amide bonds.